The first kappa shape index (κ1) is 10.8. The number of hydrogen-bond donors (Lipinski definition) is 2. The predicted octanol–water partition coefficient (Wildman–Crippen LogP) is -1.49. The van der Waals surface area contributed by atoms with Gasteiger partial charge in [-0.05, 0) is 0 Å². The second-order valence-corrected chi connectivity index (χ2v) is 4.60. The number of nitrogens with one attached hydrogen (secondary N) is 1. The first-order chi connectivity index (χ1) is 4.99. The standard InChI is InChI=1S/C5H14N2O3S/c1-10-3-5(7-6)4-11(2,8)9/h5,7H,3-4,6H2,1-2H3. The van der Waals surface area contributed by atoms with Crippen LogP contribution in [0.15, 0.2) is 0 Å². The molecular formula is C5H14N2O3S. The van der Waals surface area contributed by atoms with E-state index in [9.17, 15) is 8.42 Å². The summed E-state index contributed by atoms with van der Waals surface area (Å²) in [5.74, 6) is 5.07. The molecule has 0 radical (unpaired) electrons. The summed E-state index contributed by atoms with van der Waals surface area (Å²) in [5.41, 5.74) is 2.36. The number of nitrogens with two attached hydrogens (primary N) is 1. The van der Waals surface area contributed by atoms with Crippen molar-refractivity contribution in [3.05, 3.63) is 0 Å². The van der Waals surface area contributed by atoms with Crippen LogP contribution in [0, 0.1) is 0 Å². The molecule has 0 amide bonds. The van der Waals surface area contributed by atoms with Crippen molar-refractivity contribution < 1.29 is 13.2 Å². The van der Waals surface area contributed by atoms with Gasteiger partial charge < -0.3 is 4.74 Å². The van der Waals surface area contributed by atoms with Crippen LogP contribution < -0.4 is 11.3 Å². The Kier molecular flexibility index (Phi) is 4.58. The van der Waals surface area contributed by atoms with Crippen LogP contribution in [0.5, 0.6) is 0 Å². The van der Waals surface area contributed by atoms with Gasteiger partial charge in [0, 0.05) is 13.4 Å². The van der Waals surface area contributed by atoms with Crippen LogP contribution in [0.2, 0.25) is 0 Å². The lowest BCUT2D eigenvalue weighted by atomic mass is 10.4. The third-order valence-corrected chi connectivity index (χ3v) is 2.12. The number of rotatable bonds is 5. The maximum absolute atomic E-state index is 10.7. The zero-order valence-corrected chi connectivity index (χ0v) is 7.52. The molecule has 0 fully saturated rings. The van der Waals surface area contributed by atoms with E-state index in [1.165, 1.54) is 7.11 Å². The molecule has 3 N–H and O–H groups in total. The molecule has 0 aliphatic rings. The minimum atomic E-state index is -2.98. The Morgan fingerprint density at radius 3 is 2.45 bits per heavy atom. The topological polar surface area (TPSA) is 81.4 Å². The van der Waals surface area contributed by atoms with Gasteiger partial charge in [-0.3, -0.25) is 11.3 Å². The lowest BCUT2D eigenvalue weighted by Crippen LogP contribution is -2.43. The maximum atomic E-state index is 10.7. The van der Waals surface area contributed by atoms with E-state index in [0.29, 0.717) is 6.61 Å². The molecule has 0 bridgehead atoms. The average Bonchev–Trinajstić information content (AvgIpc) is 1.84. The summed E-state index contributed by atoms with van der Waals surface area (Å²) in [5, 5.41) is 0. The fraction of sp³-hybridized carbons (Fsp3) is 1.00. The second kappa shape index (κ2) is 4.66. The van der Waals surface area contributed by atoms with Gasteiger partial charge in [-0.2, -0.15) is 0 Å². The minimum absolute atomic E-state index is 0.00264. The zero-order chi connectivity index (χ0) is 8.91. The molecule has 0 aromatic heterocycles. The SMILES string of the molecule is COCC(CS(C)(=O)=O)NN. The molecule has 6 heteroatoms. The molecule has 0 rings (SSSR count). The Labute approximate surface area is 66.8 Å². The third-order valence-electron chi connectivity index (χ3n) is 1.11. The number of hydrogen-bond acceptors (Lipinski definition) is 5. The molecule has 0 heterocycles. The van der Waals surface area contributed by atoms with Gasteiger partial charge >= 0.3 is 0 Å². The van der Waals surface area contributed by atoms with Crippen molar-refractivity contribution in [1.29, 1.82) is 0 Å². The number of methoxy groups -OCH3 is 1. The zero-order valence-electron chi connectivity index (χ0n) is 6.70. The first-order valence-electron chi connectivity index (χ1n) is 3.12. The van der Waals surface area contributed by atoms with E-state index in [0.717, 1.165) is 6.26 Å². The van der Waals surface area contributed by atoms with Crippen LogP contribution in [-0.4, -0.2) is 40.2 Å². The van der Waals surface area contributed by atoms with Crippen molar-refractivity contribution >= 4 is 9.84 Å². The van der Waals surface area contributed by atoms with Crippen molar-refractivity contribution in [2.45, 2.75) is 6.04 Å². The summed E-state index contributed by atoms with van der Waals surface area (Å²) >= 11 is 0. The predicted molar refractivity (Wildman–Crippen MR) is 42.7 cm³/mol. The molecular weight excluding hydrogens is 168 g/mol. The van der Waals surface area contributed by atoms with E-state index in [4.69, 9.17) is 10.6 Å². The van der Waals surface area contributed by atoms with E-state index in [1.807, 2.05) is 0 Å². The molecule has 0 saturated heterocycles. The molecule has 0 aromatic rings. The van der Waals surface area contributed by atoms with Crippen LogP contribution in [-0.2, 0) is 14.6 Å². The molecule has 0 saturated carbocycles. The Balaban J connectivity index is 3.88. The molecule has 5 nitrogen and oxygen atoms in total. The smallest absolute Gasteiger partial charge is 0.149 e. The van der Waals surface area contributed by atoms with Crippen molar-refractivity contribution in [2.24, 2.45) is 5.84 Å². The molecule has 11 heavy (non-hydrogen) atoms. The van der Waals surface area contributed by atoms with E-state index >= 15 is 0 Å². The summed E-state index contributed by atoms with van der Waals surface area (Å²) in [7, 11) is -1.49. The Morgan fingerprint density at radius 1 is 1.64 bits per heavy atom. The molecule has 0 aliphatic carbocycles. The van der Waals surface area contributed by atoms with Crippen LogP contribution >= 0.6 is 0 Å². The summed E-state index contributed by atoms with van der Waals surface area (Å²) in [4.78, 5) is 0. The second-order valence-electron chi connectivity index (χ2n) is 2.41. The summed E-state index contributed by atoms with van der Waals surface area (Å²) < 4.78 is 26.2. The van der Waals surface area contributed by atoms with Crippen LogP contribution in [0.3, 0.4) is 0 Å². The molecule has 1 atom stereocenters. The lowest BCUT2D eigenvalue weighted by molar-refractivity contribution is 0.173. The van der Waals surface area contributed by atoms with Crippen LogP contribution in [0.4, 0.5) is 0 Å². The van der Waals surface area contributed by atoms with Gasteiger partial charge in [-0.25, -0.2) is 8.42 Å². The molecule has 0 spiro atoms. The van der Waals surface area contributed by atoms with Gasteiger partial charge in [0.1, 0.15) is 9.84 Å². The van der Waals surface area contributed by atoms with E-state index in [-0.39, 0.29) is 11.8 Å². The molecule has 1 unspecified atom stereocenters. The molecule has 68 valence electrons. The number of ether oxygens (including phenoxy) is 1. The highest BCUT2D eigenvalue weighted by atomic mass is 32.2. The molecule has 0 aliphatic heterocycles. The van der Waals surface area contributed by atoms with Gasteiger partial charge in [0.25, 0.3) is 0 Å². The highest BCUT2D eigenvalue weighted by molar-refractivity contribution is 7.90. The highest BCUT2D eigenvalue weighted by Gasteiger charge is 2.12. The number of sulfone groups is 1. The Hall–Kier alpha value is -0.170. The minimum Gasteiger partial charge on any atom is -0.383 e. The fourth-order valence-corrected chi connectivity index (χ4v) is 1.63. The largest absolute Gasteiger partial charge is 0.383 e. The third kappa shape index (κ3) is 6.24. The van der Waals surface area contributed by atoms with Gasteiger partial charge in [0.05, 0.1) is 18.4 Å². The summed E-state index contributed by atoms with van der Waals surface area (Å²) in [6.07, 6.45) is 1.16. The van der Waals surface area contributed by atoms with Gasteiger partial charge in [-0.15, -0.1) is 0 Å². The van der Waals surface area contributed by atoms with Crippen molar-refractivity contribution in [1.82, 2.24) is 5.43 Å². The van der Waals surface area contributed by atoms with Crippen LogP contribution in [0.1, 0.15) is 0 Å². The van der Waals surface area contributed by atoms with Crippen molar-refractivity contribution in [3.8, 4) is 0 Å². The maximum Gasteiger partial charge on any atom is 0.149 e. The number of hydrazine groups is 1. The van der Waals surface area contributed by atoms with Gasteiger partial charge in [0.2, 0.25) is 0 Å². The Morgan fingerprint density at radius 2 is 2.18 bits per heavy atom. The highest BCUT2D eigenvalue weighted by Crippen LogP contribution is 1.90. The van der Waals surface area contributed by atoms with E-state index in [2.05, 4.69) is 5.43 Å². The first-order valence-corrected chi connectivity index (χ1v) is 5.18. The average molecular weight is 182 g/mol. The fourth-order valence-electron chi connectivity index (χ4n) is 0.711. The van der Waals surface area contributed by atoms with Gasteiger partial charge in [0.15, 0.2) is 0 Å². The lowest BCUT2D eigenvalue weighted by Gasteiger charge is -2.12. The van der Waals surface area contributed by atoms with E-state index in [1.54, 1.807) is 0 Å². The van der Waals surface area contributed by atoms with Crippen LogP contribution in [0.25, 0.3) is 0 Å². The quantitative estimate of drug-likeness (QED) is 0.400. The normalized spacial score (nSPS) is 14.8. The van der Waals surface area contributed by atoms with Crippen molar-refractivity contribution in [2.75, 3.05) is 25.7 Å². The monoisotopic (exact) mass is 182 g/mol. The Bertz CT molecular complexity index is 190. The van der Waals surface area contributed by atoms with Crippen molar-refractivity contribution in [3.63, 3.8) is 0 Å². The van der Waals surface area contributed by atoms with Gasteiger partial charge in [-0.1, -0.05) is 0 Å². The summed E-state index contributed by atoms with van der Waals surface area (Å²) in [6.45, 7) is 0.295. The molecule has 0 aromatic carbocycles. The summed E-state index contributed by atoms with van der Waals surface area (Å²) in [6, 6.07) is -0.324. The van der Waals surface area contributed by atoms with E-state index < -0.39 is 9.84 Å².